The van der Waals surface area contributed by atoms with Crippen LogP contribution >= 0.6 is 0 Å². The summed E-state index contributed by atoms with van der Waals surface area (Å²) in [5.74, 6) is -4.62. The minimum atomic E-state index is -4.51. The fourth-order valence-corrected chi connectivity index (χ4v) is 4.31. The van der Waals surface area contributed by atoms with Gasteiger partial charge < -0.3 is 15.7 Å². The van der Waals surface area contributed by atoms with Gasteiger partial charge in [-0.15, -0.1) is 0 Å². The molecule has 14 heteroatoms. The summed E-state index contributed by atoms with van der Waals surface area (Å²) < 4.78 is 66.0. The molecule has 1 fully saturated rings. The number of imidazole rings is 1. The zero-order valence-corrected chi connectivity index (χ0v) is 20.0. The number of carbonyl (C=O) groups excluding carboxylic acids is 2. The van der Waals surface area contributed by atoms with E-state index in [4.69, 9.17) is 0 Å². The Morgan fingerprint density at radius 3 is 2.58 bits per heavy atom. The maximum atomic E-state index is 13.8. The van der Waals surface area contributed by atoms with Gasteiger partial charge in [-0.05, 0) is 37.0 Å². The first-order valence-electron chi connectivity index (χ1n) is 11.9. The zero-order chi connectivity index (χ0) is 27.5. The van der Waals surface area contributed by atoms with Gasteiger partial charge in [0.1, 0.15) is 5.69 Å². The van der Waals surface area contributed by atoms with Crippen LogP contribution in [0.1, 0.15) is 72.5 Å². The lowest BCUT2D eigenvalue weighted by Gasteiger charge is -2.33. The van der Waals surface area contributed by atoms with Crippen LogP contribution in [0.15, 0.2) is 42.9 Å². The molecule has 0 aliphatic heterocycles. The molecular weight excluding hydrogens is 515 g/mol. The van der Waals surface area contributed by atoms with E-state index in [0.717, 1.165) is 0 Å². The molecule has 2 amide bonds. The molecule has 0 bridgehead atoms. The fraction of sp³-hybridized carbons (Fsp3) is 0.458. The summed E-state index contributed by atoms with van der Waals surface area (Å²) in [5.41, 5.74) is 0.769. The van der Waals surface area contributed by atoms with Crippen molar-refractivity contribution >= 4 is 17.5 Å². The van der Waals surface area contributed by atoms with Crippen LogP contribution in [0.2, 0.25) is 0 Å². The molecule has 3 N–H and O–H groups in total. The number of nitrogens with zero attached hydrogens (tertiary/aromatic N) is 4. The molecule has 0 saturated heterocycles. The third-order valence-electron chi connectivity index (χ3n) is 6.34. The van der Waals surface area contributed by atoms with Crippen molar-refractivity contribution in [1.82, 2.24) is 30.2 Å². The number of aliphatic hydroxyl groups is 1. The van der Waals surface area contributed by atoms with Crippen LogP contribution in [-0.2, 0) is 4.79 Å². The van der Waals surface area contributed by atoms with E-state index in [0.29, 0.717) is 5.69 Å². The van der Waals surface area contributed by atoms with Crippen molar-refractivity contribution in [2.45, 2.75) is 62.9 Å². The predicted molar refractivity (Wildman–Crippen MR) is 123 cm³/mol. The number of hydrogen-bond acceptors (Lipinski definition) is 6. The molecule has 0 radical (unpaired) electrons. The molecule has 9 nitrogen and oxygen atoms in total. The van der Waals surface area contributed by atoms with Gasteiger partial charge >= 0.3 is 6.18 Å². The Bertz CT molecular complexity index is 1270. The van der Waals surface area contributed by atoms with Crippen molar-refractivity contribution in [2.24, 2.45) is 5.92 Å². The summed E-state index contributed by atoms with van der Waals surface area (Å²) in [6.45, 7) is 0. The number of pyridine rings is 1. The molecule has 3 aromatic rings. The number of alkyl halides is 5. The molecular formula is C24H25F5N6O3. The highest BCUT2D eigenvalue weighted by Crippen LogP contribution is 2.41. The van der Waals surface area contributed by atoms with E-state index >= 15 is 0 Å². The van der Waals surface area contributed by atoms with Crippen molar-refractivity contribution in [1.29, 1.82) is 0 Å². The molecule has 2 atom stereocenters. The number of aromatic nitrogens is 4. The SMILES string of the molecule is O=C(CCC(F)(F)F)N[C@H](O)c1cnn2cc([C@@H](NC(=O)c3ccccn3)C3CCC(F)(F)CC3)nc2c1. The number of aliphatic hydroxyl groups excluding tert-OH is 1. The molecule has 4 rings (SSSR count). The highest BCUT2D eigenvalue weighted by Gasteiger charge is 2.39. The van der Waals surface area contributed by atoms with Crippen molar-refractivity contribution in [2.75, 3.05) is 0 Å². The summed E-state index contributed by atoms with van der Waals surface area (Å²) >= 11 is 0. The fourth-order valence-electron chi connectivity index (χ4n) is 4.31. The molecule has 0 aromatic carbocycles. The van der Waals surface area contributed by atoms with Crippen molar-refractivity contribution in [3.63, 3.8) is 0 Å². The first kappa shape index (κ1) is 27.4. The van der Waals surface area contributed by atoms with Crippen LogP contribution in [0.25, 0.3) is 5.65 Å². The lowest BCUT2D eigenvalue weighted by Crippen LogP contribution is -2.37. The molecule has 38 heavy (non-hydrogen) atoms. The monoisotopic (exact) mass is 540 g/mol. The van der Waals surface area contributed by atoms with E-state index in [1.165, 1.54) is 35.2 Å². The van der Waals surface area contributed by atoms with Gasteiger partial charge in [0.15, 0.2) is 11.9 Å². The van der Waals surface area contributed by atoms with Crippen LogP contribution in [0, 0.1) is 5.92 Å². The second kappa shape index (κ2) is 11.0. The Labute approximate surface area is 213 Å². The third-order valence-corrected chi connectivity index (χ3v) is 6.34. The largest absolute Gasteiger partial charge is 0.389 e. The minimum absolute atomic E-state index is 0.0707. The van der Waals surface area contributed by atoms with Crippen molar-refractivity contribution in [3.8, 4) is 0 Å². The van der Waals surface area contributed by atoms with Gasteiger partial charge in [0.05, 0.1) is 30.6 Å². The van der Waals surface area contributed by atoms with Crippen LogP contribution in [-0.4, -0.2) is 48.6 Å². The topological polar surface area (TPSA) is 122 Å². The molecule has 1 aliphatic carbocycles. The summed E-state index contributed by atoms with van der Waals surface area (Å²) in [6, 6.07) is 5.44. The second-order valence-corrected chi connectivity index (χ2v) is 9.20. The molecule has 3 heterocycles. The van der Waals surface area contributed by atoms with Gasteiger partial charge in [-0.25, -0.2) is 18.3 Å². The maximum Gasteiger partial charge on any atom is 0.389 e. The Morgan fingerprint density at radius 1 is 1.18 bits per heavy atom. The maximum absolute atomic E-state index is 13.8. The molecule has 0 spiro atoms. The molecule has 3 aromatic heterocycles. The quantitative estimate of drug-likeness (QED) is 0.295. The number of rotatable bonds is 8. The van der Waals surface area contributed by atoms with E-state index in [1.807, 2.05) is 0 Å². The molecule has 1 aliphatic rings. The number of amides is 2. The Balaban J connectivity index is 1.54. The first-order chi connectivity index (χ1) is 17.9. The highest BCUT2D eigenvalue weighted by atomic mass is 19.4. The second-order valence-electron chi connectivity index (χ2n) is 9.20. The van der Waals surface area contributed by atoms with Crippen molar-refractivity contribution < 1.29 is 36.6 Å². The number of carbonyl (C=O) groups is 2. The number of hydrogen-bond donors (Lipinski definition) is 3. The van der Waals surface area contributed by atoms with Crippen LogP contribution in [0.4, 0.5) is 22.0 Å². The van der Waals surface area contributed by atoms with Gasteiger partial charge in [0, 0.05) is 31.0 Å². The van der Waals surface area contributed by atoms with Gasteiger partial charge in [-0.3, -0.25) is 14.6 Å². The van der Waals surface area contributed by atoms with Gasteiger partial charge in [-0.1, -0.05) is 6.07 Å². The van der Waals surface area contributed by atoms with Crippen LogP contribution in [0.5, 0.6) is 0 Å². The van der Waals surface area contributed by atoms with Gasteiger partial charge in [0.2, 0.25) is 11.8 Å². The standard InChI is InChI=1S/C24H25F5N6O3/c25-23(26)7-4-14(5-8-23)20(34-22(38)16-3-1-2-10-30-16)17-13-35-18(32-17)11-15(12-31-35)21(37)33-19(36)6-9-24(27,28)29/h1-3,10-14,20-21,37H,4-9H2,(H,33,36)(H,34,38)/t20-,21+/m0/s1. The lowest BCUT2D eigenvalue weighted by molar-refractivity contribution is -0.145. The highest BCUT2D eigenvalue weighted by molar-refractivity contribution is 5.92. The number of fused-ring (bicyclic) bond motifs is 1. The van der Waals surface area contributed by atoms with E-state index in [1.54, 1.807) is 12.1 Å². The summed E-state index contributed by atoms with van der Waals surface area (Å²) in [6.07, 6.45) is -4.50. The van der Waals surface area contributed by atoms with E-state index in [-0.39, 0.29) is 48.5 Å². The Kier molecular flexibility index (Phi) is 7.90. The van der Waals surface area contributed by atoms with E-state index in [2.05, 4.69) is 25.7 Å². The van der Waals surface area contributed by atoms with E-state index in [9.17, 15) is 36.6 Å². The lowest BCUT2D eigenvalue weighted by atomic mass is 9.81. The van der Waals surface area contributed by atoms with Crippen molar-refractivity contribution in [3.05, 3.63) is 59.8 Å². The average Bonchev–Trinajstić information content (AvgIpc) is 3.29. The van der Waals surface area contributed by atoms with E-state index < -0.39 is 49.0 Å². The third kappa shape index (κ3) is 7.00. The normalized spacial score (nSPS) is 17.6. The van der Waals surface area contributed by atoms with Gasteiger partial charge in [0.25, 0.3) is 5.91 Å². The molecule has 204 valence electrons. The van der Waals surface area contributed by atoms with Gasteiger partial charge in [-0.2, -0.15) is 18.3 Å². The number of halogens is 5. The summed E-state index contributed by atoms with van der Waals surface area (Å²) in [4.78, 5) is 33.1. The Morgan fingerprint density at radius 2 is 1.92 bits per heavy atom. The zero-order valence-electron chi connectivity index (χ0n) is 20.0. The average molecular weight is 540 g/mol. The number of nitrogens with one attached hydrogen (secondary N) is 2. The van der Waals surface area contributed by atoms with Crippen LogP contribution < -0.4 is 10.6 Å². The Hall–Kier alpha value is -3.68. The summed E-state index contributed by atoms with van der Waals surface area (Å²) in [5, 5.41) is 19.3. The summed E-state index contributed by atoms with van der Waals surface area (Å²) in [7, 11) is 0. The first-order valence-corrected chi connectivity index (χ1v) is 11.9. The minimum Gasteiger partial charge on any atom is -0.369 e. The smallest absolute Gasteiger partial charge is 0.369 e. The van der Waals surface area contributed by atoms with Crippen LogP contribution in [0.3, 0.4) is 0 Å². The predicted octanol–water partition coefficient (Wildman–Crippen LogP) is 3.87. The molecule has 1 saturated carbocycles. The molecule has 0 unspecified atom stereocenters.